The van der Waals surface area contributed by atoms with Gasteiger partial charge in [-0.15, -0.1) is 0 Å². The van der Waals surface area contributed by atoms with E-state index < -0.39 is 0 Å². The summed E-state index contributed by atoms with van der Waals surface area (Å²) in [5.41, 5.74) is 5.17. The Bertz CT molecular complexity index is 427. The third kappa shape index (κ3) is 1.83. The Kier molecular flexibility index (Phi) is 3.06. The minimum Gasteiger partial charge on any atom is -0.370 e. The molecule has 0 saturated carbocycles. The average Bonchev–Trinajstić information content (AvgIpc) is 2.39. The van der Waals surface area contributed by atoms with Crippen LogP contribution >= 0.6 is 0 Å². The Morgan fingerprint density at radius 3 is 2.72 bits per heavy atom. The molecule has 2 nitrogen and oxygen atoms in total. The van der Waals surface area contributed by atoms with Crippen LogP contribution in [0.5, 0.6) is 0 Å². The van der Waals surface area contributed by atoms with Gasteiger partial charge in [-0.05, 0) is 43.0 Å². The first kappa shape index (κ1) is 12.0. The van der Waals surface area contributed by atoms with Crippen LogP contribution in [0.1, 0.15) is 37.8 Å². The van der Waals surface area contributed by atoms with Crippen molar-refractivity contribution in [2.45, 2.75) is 39.7 Å². The molecule has 98 valence electrons. The van der Waals surface area contributed by atoms with E-state index >= 15 is 0 Å². The standard InChI is InChI=1S/C16H24N2/c1-3-16(4-2)11-18(12-16)15-7-5-6-13-8-9-17-10-14(13)15/h5-7,17H,3-4,8-12H2,1-2H3. The zero-order valence-electron chi connectivity index (χ0n) is 11.6. The van der Waals surface area contributed by atoms with Crippen LogP contribution in [0.2, 0.25) is 0 Å². The average molecular weight is 244 g/mol. The van der Waals surface area contributed by atoms with Crippen molar-refractivity contribution in [2.75, 3.05) is 24.5 Å². The smallest absolute Gasteiger partial charge is 0.0415 e. The molecule has 3 rings (SSSR count). The fourth-order valence-corrected chi connectivity index (χ4v) is 3.42. The van der Waals surface area contributed by atoms with E-state index in [0.717, 1.165) is 13.1 Å². The minimum atomic E-state index is 0.588. The minimum absolute atomic E-state index is 0.588. The second-order valence-electron chi connectivity index (χ2n) is 5.90. The third-order valence-electron chi connectivity index (χ3n) is 5.01. The van der Waals surface area contributed by atoms with E-state index in [0.29, 0.717) is 5.41 Å². The molecule has 1 N–H and O–H groups in total. The number of fused-ring (bicyclic) bond motifs is 1. The molecule has 0 spiro atoms. The molecule has 2 aliphatic heterocycles. The van der Waals surface area contributed by atoms with Crippen LogP contribution in [-0.2, 0) is 13.0 Å². The molecule has 0 unspecified atom stereocenters. The normalized spacial score (nSPS) is 21.3. The van der Waals surface area contributed by atoms with Crippen molar-refractivity contribution in [3.63, 3.8) is 0 Å². The van der Waals surface area contributed by atoms with Gasteiger partial charge in [0.25, 0.3) is 0 Å². The quantitative estimate of drug-likeness (QED) is 0.879. The summed E-state index contributed by atoms with van der Waals surface area (Å²) < 4.78 is 0. The molecule has 2 aliphatic rings. The first-order valence-corrected chi connectivity index (χ1v) is 7.34. The second-order valence-corrected chi connectivity index (χ2v) is 5.90. The summed E-state index contributed by atoms with van der Waals surface area (Å²) in [5, 5.41) is 3.51. The van der Waals surface area contributed by atoms with Crippen LogP contribution in [0.15, 0.2) is 18.2 Å². The van der Waals surface area contributed by atoms with Crippen LogP contribution in [0, 0.1) is 5.41 Å². The third-order valence-corrected chi connectivity index (χ3v) is 5.01. The summed E-state index contributed by atoms with van der Waals surface area (Å²) in [7, 11) is 0. The highest BCUT2D eigenvalue weighted by Gasteiger charge is 2.40. The summed E-state index contributed by atoms with van der Waals surface area (Å²) in [6, 6.07) is 6.84. The molecule has 18 heavy (non-hydrogen) atoms. The molecule has 0 aliphatic carbocycles. The van der Waals surface area contributed by atoms with E-state index in [1.807, 2.05) is 0 Å². The molecule has 0 radical (unpaired) electrons. The lowest BCUT2D eigenvalue weighted by atomic mass is 9.74. The van der Waals surface area contributed by atoms with E-state index in [-0.39, 0.29) is 0 Å². The predicted molar refractivity (Wildman–Crippen MR) is 77.1 cm³/mol. The molecular formula is C16H24N2. The zero-order valence-corrected chi connectivity index (χ0v) is 11.6. The van der Waals surface area contributed by atoms with Crippen LogP contribution in [0.4, 0.5) is 5.69 Å². The van der Waals surface area contributed by atoms with Gasteiger partial charge in [-0.1, -0.05) is 26.0 Å². The molecule has 2 heteroatoms. The fraction of sp³-hybridized carbons (Fsp3) is 0.625. The van der Waals surface area contributed by atoms with Crippen molar-refractivity contribution in [1.29, 1.82) is 0 Å². The van der Waals surface area contributed by atoms with Crippen LogP contribution in [0.3, 0.4) is 0 Å². The van der Waals surface area contributed by atoms with E-state index in [2.05, 4.69) is 42.3 Å². The zero-order chi connectivity index (χ0) is 12.6. The second kappa shape index (κ2) is 4.58. The van der Waals surface area contributed by atoms with Crippen molar-refractivity contribution in [2.24, 2.45) is 5.41 Å². The highest BCUT2D eigenvalue weighted by Crippen LogP contribution is 2.41. The van der Waals surface area contributed by atoms with Crippen molar-refractivity contribution >= 4 is 5.69 Å². The van der Waals surface area contributed by atoms with Crippen molar-refractivity contribution < 1.29 is 0 Å². The van der Waals surface area contributed by atoms with Crippen molar-refractivity contribution in [3.8, 4) is 0 Å². The van der Waals surface area contributed by atoms with Gasteiger partial charge in [-0.3, -0.25) is 0 Å². The van der Waals surface area contributed by atoms with Gasteiger partial charge in [0, 0.05) is 30.7 Å². The van der Waals surface area contributed by atoms with Gasteiger partial charge in [0.05, 0.1) is 0 Å². The summed E-state index contributed by atoms with van der Waals surface area (Å²) >= 11 is 0. The summed E-state index contributed by atoms with van der Waals surface area (Å²) in [6.07, 6.45) is 3.81. The highest BCUT2D eigenvalue weighted by molar-refractivity contribution is 5.59. The van der Waals surface area contributed by atoms with Gasteiger partial charge >= 0.3 is 0 Å². The van der Waals surface area contributed by atoms with Crippen molar-refractivity contribution in [3.05, 3.63) is 29.3 Å². The number of nitrogens with zero attached hydrogens (tertiary/aromatic N) is 1. The molecule has 1 aromatic rings. The number of benzene rings is 1. The maximum absolute atomic E-state index is 3.51. The molecule has 0 aromatic heterocycles. The molecule has 0 amide bonds. The lowest BCUT2D eigenvalue weighted by molar-refractivity contribution is 0.194. The van der Waals surface area contributed by atoms with E-state index in [4.69, 9.17) is 0 Å². The predicted octanol–water partition coefficient (Wildman–Crippen LogP) is 2.96. The first-order valence-electron chi connectivity index (χ1n) is 7.34. The van der Waals surface area contributed by atoms with Crippen LogP contribution in [0.25, 0.3) is 0 Å². The molecule has 1 aromatic carbocycles. The Hall–Kier alpha value is -1.02. The van der Waals surface area contributed by atoms with E-state index in [9.17, 15) is 0 Å². The van der Waals surface area contributed by atoms with Crippen LogP contribution in [-0.4, -0.2) is 19.6 Å². The lowest BCUT2D eigenvalue weighted by Crippen LogP contribution is -2.56. The highest BCUT2D eigenvalue weighted by atomic mass is 15.2. The Morgan fingerprint density at radius 2 is 2.00 bits per heavy atom. The first-order chi connectivity index (χ1) is 8.78. The molecule has 2 heterocycles. The van der Waals surface area contributed by atoms with Crippen molar-refractivity contribution in [1.82, 2.24) is 5.32 Å². The Morgan fingerprint density at radius 1 is 1.22 bits per heavy atom. The molecule has 1 saturated heterocycles. The van der Waals surface area contributed by atoms with E-state index in [1.165, 1.54) is 38.0 Å². The van der Waals surface area contributed by atoms with Gasteiger partial charge < -0.3 is 10.2 Å². The Balaban J connectivity index is 1.82. The fourth-order valence-electron chi connectivity index (χ4n) is 3.42. The number of hydrogen-bond acceptors (Lipinski definition) is 2. The van der Waals surface area contributed by atoms with Gasteiger partial charge in [-0.2, -0.15) is 0 Å². The Labute approximate surface area is 110 Å². The molecule has 0 bridgehead atoms. The van der Waals surface area contributed by atoms with Gasteiger partial charge in [0.1, 0.15) is 0 Å². The molecule has 0 atom stereocenters. The van der Waals surface area contributed by atoms with Gasteiger partial charge in [0.2, 0.25) is 0 Å². The maximum Gasteiger partial charge on any atom is 0.0415 e. The summed E-state index contributed by atoms with van der Waals surface area (Å²) in [6.45, 7) is 9.34. The molecular weight excluding hydrogens is 220 g/mol. The number of hydrogen-bond donors (Lipinski definition) is 1. The van der Waals surface area contributed by atoms with E-state index in [1.54, 1.807) is 11.1 Å². The SMILES string of the molecule is CCC1(CC)CN(c2cccc3c2CNCC3)C1. The summed E-state index contributed by atoms with van der Waals surface area (Å²) in [5.74, 6) is 0. The number of anilines is 1. The maximum atomic E-state index is 3.51. The monoisotopic (exact) mass is 244 g/mol. The number of nitrogens with one attached hydrogen (secondary N) is 1. The largest absolute Gasteiger partial charge is 0.370 e. The molecule has 1 fully saturated rings. The topological polar surface area (TPSA) is 15.3 Å². The van der Waals surface area contributed by atoms with Gasteiger partial charge in [-0.25, -0.2) is 0 Å². The van der Waals surface area contributed by atoms with Crippen LogP contribution < -0.4 is 10.2 Å². The van der Waals surface area contributed by atoms with Gasteiger partial charge in [0.15, 0.2) is 0 Å². The summed E-state index contributed by atoms with van der Waals surface area (Å²) in [4.78, 5) is 2.58. The number of rotatable bonds is 3. The lowest BCUT2D eigenvalue weighted by Gasteiger charge is -2.52.